The molecule has 2 heteroatoms. The van der Waals surface area contributed by atoms with Crippen molar-refractivity contribution in [3.63, 3.8) is 0 Å². The summed E-state index contributed by atoms with van der Waals surface area (Å²) in [6, 6.07) is 27.6. The molecule has 1 aromatic heterocycles. The Balaban J connectivity index is 0.00000207. The van der Waals surface area contributed by atoms with Crippen molar-refractivity contribution in [2.75, 3.05) is 7.05 Å². The summed E-state index contributed by atoms with van der Waals surface area (Å²) in [6.45, 7) is 13.2. The molecule has 1 N–H and O–H groups in total. The normalized spacial score (nSPS) is 17.3. The maximum Gasteiger partial charge on any atom is 0.0573 e. The number of hydrogen-bond donors (Lipinski definition) is 1. The van der Waals surface area contributed by atoms with Gasteiger partial charge >= 0.3 is 0 Å². The number of aromatic nitrogens is 1. The van der Waals surface area contributed by atoms with Gasteiger partial charge in [0.15, 0.2) is 0 Å². The first-order chi connectivity index (χ1) is 25.4. The molecule has 0 saturated carbocycles. The highest BCUT2D eigenvalue weighted by atomic mass is 14.9. The zero-order valence-corrected chi connectivity index (χ0v) is 32.4. The maximum absolute atomic E-state index is 3.63. The molecule has 5 aromatic rings. The zero-order chi connectivity index (χ0) is 36.5. The summed E-state index contributed by atoms with van der Waals surface area (Å²) in [5.41, 5.74) is 21.0. The standard InChI is InChI=1S/C48H48N2.C2H6/c1-30(2)34(35-18-10-12-20-40(35)46(47(49-5)31(3)4)32-16-8-7-9-17-32)22-14-23-36-38-27-26-33(28-43(36)38)42-29-44-39-24-15-25-45(39)50(6)48(44)41-21-13-11-19-37(41)42;1-2/h7-8,10-14,18-22,24-29,31-32,36,49H,9,16-17,23H2,1-6H3;1-2H3/b22-14-,47-46+;. The molecular formula is C50H54N2. The van der Waals surface area contributed by atoms with Gasteiger partial charge in [0, 0.05) is 48.1 Å². The predicted molar refractivity (Wildman–Crippen MR) is 227 cm³/mol. The molecule has 2 atom stereocenters. The fraction of sp³-hybridized carbons (Fsp3) is 0.300. The van der Waals surface area contributed by atoms with Crippen LogP contribution in [0.15, 0.2) is 114 Å². The van der Waals surface area contributed by atoms with Crippen LogP contribution in [0.1, 0.15) is 107 Å². The molecule has 3 aliphatic rings. The van der Waals surface area contributed by atoms with Crippen LogP contribution in [-0.4, -0.2) is 11.6 Å². The topological polar surface area (TPSA) is 17.0 Å². The zero-order valence-electron chi connectivity index (χ0n) is 32.4. The number of fused-ring (bicyclic) bond motifs is 6. The van der Waals surface area contributed by atoms with Crippen molar-refractivity contribution in [3.8, 4) is 11.1 Å². The summed E-state index contributed by atoms with van der Waals surface area (Å²) in [5, 5.41) is 7.56. The van der Waals surface area contributed by atoms with Gasteiger partial charge in [-0.2, -0.15) is 0 Å². The van der Waals surface area contributed by atoms with Crippen LogP contribution in [0.2, 0.25) is 0 Å². The molecule has 0 radical (unpaired) electrons. The van der Waals surface area contributed by atoms with Crippen LogP contribution < -0.4 is 5.32 Å². The van der Waals surface area contributed by atoms with Crippen molar-refractivity contribution in [1.29, 1.82) is 0 Å². The first-order valence-corrected chi connectivity index (χ1v) is 19.5. The Hall–Kier alpha value is -5.04. The quantitative estimate of drug-likeness (QED) is 0.0912. The van der Waals surface area contributed by atoms with Crippen molar-refractivity contribution in [1.82, 2.24) is 9.88 Å². The molecule has 2 nitrogen and oxygen atoms in total. The number of benzene rings is 4. The van der Waals surface area contributed by atoms with E-state index in [2.05, 4.69) is 167 Å². The van der Waals surface area contributed by atoms with Crippen LogP contribution in [0.25, 0.3) is 56.1 Å². The second-order valence-corrected chi connectivity index (χ2v) is 14.9. The Morgan fingerprint density at radius 1 is 0.885 bits per heavy atom. The highest BCUT2D eigenvalue weighted by Gasteiger charge is 2.32. The van der Waals surface area contributed by atoms with Crippen LogP contribution in [0.4, 0.5) is 0 Å². The molecule has 0 spiro atoms. The second-order valence-electron chi connectivity index (χ2n) is 14.9. The Morgan fingerprint density at radius 2 is 1.63 bits per heavy atom. The van der Waals surface area contributed by atoms with Gasteiger partial charge < -0.3 is 9.88 Å². The molecule has 0 aliphatic heterocycles. The van der Waals surface area contributed by atoms with Gasteiger partial charge in [-0.1, -0.05) is 124 Å². The van der Waals surface area contributed by atoms with Gasteiger partial charge in [-0.05, 0) is 113 Å². The lowest BCUT2D eigenvalue weighted by Gasteiger charge is -2.29. The van der Waals surface area contributed by atoms with Gasteiger partial charge in [-0.3, -0.25) is 0 Å². The van der Waals surface area contributed by atoms with Crippen LogP contribution in [0.5, 0.6) is 0 Å². The summed E-state index contributed by atoms with van der Waals surface area (Å²) < 4.78 is 2.33. The minimum absolute atomic E-state index is 0.431. The van der Waals surface area contributed by atoms with Gasteiger partial charge in [0.1, 0.15) is 0 Å². The van der Waals surface area contributed by atoms with Gasteiger partial charge in [-0.25, -0.2) is 0 Å². The van der Waals surface area contributed by atoms with Crippen molar-refractivity contribution in [3.05, 3.63) is 148 Å². The number of allylic oxidation sites excluding steroid dienone is 8. The minimum Gasteiger partial charge on any atom is -0.391 e. The van der Waals surface area contributed by atoms with Gasteiger partial charge in [0.2, 0.25) is 0 Å². The largest absolute Gasteiger partial charge is 0.391 e. The highest BCUT2D eigenvalue weighted by molar-refractivity contribution is 6.16. The van der Waals surface area contributed by atoms with E-state index in [-0.39, 0.29) is 0 Å². The van der Waals surface area contributed by atoms with E-state index >= 15 is 0 Å². The molecule has 8 rings (SSSR count). The maximum atomic E-state index is 3.63. The van der Waals surface area contributed by atoms with E-state index in [9.17, 15) is 0 Å². The Morgan fingerprint density at radius 3 is 2.35 bits per heavy atom. The van der Waals surface area contributed by atoms with Crippen LogP contribution >= 0.6 is 0 Å². The molecule has 1 heterocycles. The lowest BCUT2D eigenvalue weighted by atomic mass is 9.78. The Labute approximate surface area is 311 Å². The highest BCUT2D eigenvalue weighted by Crippen LogP contribution is 2.49. The van der Waals surface area contributed by atoms with E-state index in [1.807, 2.05) is 13.8 Å². The van der Waals surface area contributed by atoms with Crippen molar-refractivity contribution in [2.24, 2.45) is 18.9 Å². The molecule has 0 saturated heterocycles. The van der Waals surface area contributed by atoms with Crippen molar-refractivity contribution < 1.29 is 0 Å². The fourth-order valence-electron chi connectivity index (χ4n) is 8.83. The summed E-state index contributed by atoms with van der Waals surface area (Å²) >= 11 is 0. The average Bonchev–Trinajstić information content (AvgIpc) is 3.48. The number of aryl methyl sites for hydroxylation is 1. The predicted octanol–water partition coefficient (Wildman–Crippen LogP) is 13.5. The van der Waals surface area contributed by atoms with E-state index in [0.29, 0.717) is 17.8 Å². The van der Waals surface area contributed by atoms with Crippen LogP contribution in [-0.2, 0) is 7.05 Å². The van der Waals surface area contributed by atoms with Crippen molar-refractivity contribution in [2.45, 2.75) is 73.1 Å². The molecule has 0 amide bonds. The van der Waals surface area contributed by atoms with E-state index < -0.39 is 0 Å². The minimum atomic E-state index is 0.431. The third-order valence-corrected chi connectivity index (χ3v) is 11.3. The van der Waals surface area contributed by atoms with E-state index in [1.165, 1.54) is 95.2 Å². The molecule has 3 aliphatic carbocycles. The Kier molecular flexibility index (Phi) is 10.1. The van der Waals surface area contributed by atoms with Crippen LogP contribution in [0.3, 0.4) is 0 Å². The van der Waals surface area contributed by atoms with Gasteiger partial charge in [-0.15, -0.1) is 5.73 Å². The number of nitrogens with one attached hydrogen (secondary N) is 1. The molecule has 264 valence electrons. The van der Waals surface area contributed by atoms with E-state index in [4.69, 9.17) is 0 Å². The summed E-state index contributed by atoms with van der Waals surface area (Å²) in [4.78, 5) is 0. The smallest absolute Gasteiger partial charge is 0.0573 e. The number of nitrogens with zero attached hydrogens (tertiary/aromatic N) is 1. The first-order valence-electron chi connectivity index (χ1n) is 19.5. The summed E-state index contributed by atoms with van der Waals surface area (Å²) in [7, 11) is 4.28. The molecular weight excluding hydrogens is 629 g/mol. The Bertz CT molecular complexity index is 2350. The van der Waals surface area contributed by atoms with Gasteiger partial charge in [0.05, 0.1) is 11.2 Å². The van der Waals surface area contributed by atoms with Gasteiger partial charge in [0.25, 0.3) is 0 Å². The lowest BCUT2D eigenvalue weighted by Crippen LogP contribution is -2.19. The molecule has 0 bridgehead atoms. The van der Waals surface area contributed by atoms with Crippen LogP contribution in [0, 0.1) is 11.8 Å². The summed E-state index contributed by atoms with van der Waals surface area (Å²) in [6.07, 6.45) is 18.3. The fourth-order valence-corrected chi connectivity index (χ4v) is 8.83. The molecule has 4 aromatic carbocycles. The van der Waals surface area contributed by atoms with E-state index in [1.54, 1.807) is 0 Å². The summed E-state index contributed by atoms with van der Waals surface area (Å²) in [5.74, 6) is 1.44. The van der Waals surface area contributed by atoms with E-state index in [0.717, 1.165) is 19.3 Å². The molecule has 52 heavy (non-hydrogen) atoms. The lowest BCUT2D eigenvalue weighted by molar-refractivity contribution is 0.581. The number of hydrogen-bond acceptors (Lipinski definition) is 1. The third-order valence-electron chi connectivity index (χ3n) is 11.3. The third kappa shape index (κ3) is 6.24. The molecule has 0 fully saturated rings. The second kappa shape index (κ2) is 14.9. The molecule has 2 unspecified atom stereocenters. The monoisotopic (exact) mass is 682 g/mol. The van der Waals surface area contributed by atoms with Crippen molar-refractivity contribution >= 4 is 45.0 Å². The number of rotatable bonds is 9. The SMILES string of the molecule is CC.CN/C(=C(/c1ccccc1C(/C=C\CC1c2ccc(-c3cc4c5c(n(C)c4c4ccccc34)C=C=C5)cc21)=C(C)C)C1CC=CCC1)C(C)C. The average molecular weight is 683 g/mol. The first kappa shape index (κ1) is 35.4.